The van der Waals surface area contributed by atoms with Crippen LogP contribution in [0.2, 0.25) is 0 Å². The minimum absolute atomic E-state index is 0.0321. The van der Waals surface area contributed by atoms with Crippen LogP contribution in [-0.2, 0) is 14.6 Å². The van der Waals surface area contributed by atoms with Crippen molar-refractivity contribution in [3.05, 3.63) is 47.5 Å². The molecular weight excluding hydrogens is 342 g/mol. The van der Waals surface area contributed by atoms with Gasteiger partial charge in [0.2, 0.25) is 0 Å². The Hall–Kier alpha value is -2.54. The standard InChI is InChI=1S/C18H21NO5S/c1-4-25(22,23)14-8-9-16(20)15(10-14)19-17(21)11-24-18-12(2)6-5-7-13(18)3/h5-10,20H,4,11H2,1-3H3,(H,19,21). The summed E-state index contributed by atoms with van der Waals surface area (Å²) < 4.78 is 29.4. The molecule has 0 fully saturated rings. The van der Waals surface area contributed by atoms with Crippen LogP contribution in [0.5, 0.6) is 11.5 Å². The fraction of sp³-hybridized carbons (Fsp3) is 0.278. The number of para-hydroxylation sites is 1. The van der Waals surface area contributed by atoms with Gasteiger partial charge in [-0.15, -0.1) is 0 Å². The third-order valence-corrected chi connectivity index (χ3v) is 5.47. The van der Waals surface area contributed by atoms with Crippen LogP contribution in [0.4, 0.5) is 5.69 Å². The third-order valence-electron chi connectivity index (χ3n) is 3.74. The van der Waals surface area contributed by atoms with E-state index < -0.39 is 15.7 Å². The Balaban J connectivity index is 2.12. The highest BCUT2D eigenvalue weighted by Crippen LogP contribution is 2.27. The number of carbonyl (C=O) groups excluding carboxylic acids is 1. The van der Waals surface area contributed by atoms with Crippen LogP contribution in [0.1, 0.15) is 18.1 Å². The van der Waals surface area contributed by atoms with Gasteiger partial charge in [-0.1, -0.05) is 25.1 Å². The largest absolute Gasteiger partial charge is 0.506 e. The SMILES string of the molecule is CCS(=O)(=O)c1ccc(O)c(NC(=O)COc2c(C)cccc2C)c1. The fourth-order valence-electron chi connectivity index (χ4n) is 2.33. The van der Waals surface area contributed by atoms with E-state index >= 15 is 0 Å². The van der Waals surface area contributed by atoms with Crippen LogP contribution in [0.15, 0.2) is 41.3 Å². The van der Waals surface area contributed by atoms with E-state index in [1.807, 2.05) is 32.0 Å². The zero-order valence-corrected chi connectivity index (χ0v) is 15.2. The van der Waals surface area contributed by atoms with Crippen molar-refractivity contribution in [2.24, 2.45) is 0 Å². The Kier molecular flexibility index (Phi) is 5.69. The predicted molar refractivity (Wildman–Crippen MR) is 95.9 cm³/mol. The molecule has 0 bridgehead atoms. The number of nitrogens with one attached hydrogen (secondary N) is 1. The summed E-state index contributed by atoms with van der Waals surface area (Å²) in [6, 6.07) is 9.44. The number of aromatic hydroxyl groups is 1. The van der Waals surface area contributed by atoms with Crippen molar-refractivity contribution in [1.29, 1.82) is 0 Å². The molecule has 0 aromatic heterocycles. The summed E-state index contributed by atoms with van der Waals surface area (Å²) in [5.74, 6) is -0.149. The summed E-state index contributed by atoms with van der Waals surface area (Å²) in [6.45, 7) is 5.03. The first-order valence-corrected chi connectivity index (χ1v) is 9.44. The molecule has 0 saturated carbocycles. The smallest absolute Gasteiger partial charge is 0.262 e. The highest BCUT2D eigenvalue weighted by molar-refractivity contribution is 7.91. The maximum atomic E-state index is 12.1. The topological polar surface area (TPSA) is 92.7 Å². The molecule has 0 heterocycles. The van der Waals surface area contributed by atoms with Crippen LogP contribution in [0.25, 0.3) is 0 Å². The molecule has 25 heavy (non-hydrogen) atoms. The Morgan fingerprint density at radius 1 is 1.16 bits per heavy atom. The Morgan fingerprint density at radius 3 is 2.40 bits per heavy atom. The number of anilines is 1. The minimum Gasteiger partial charge on any atom is -0.506 e. The molecule has 2 rings (SSSR count). The molecule has 7 heteroatoms. The number of phenolic OH excluding ortho intramolecular Hbond substituents is 1. The van der Waals surface area contributed by atoms with E-state index in [9.17, 15) is 18.3 Å². The average Bonchev–Trinajstić information content (AvgIpc) is 2.56. The van der Waals surface area contributed by atoms with Gasteiger partial charge in [0.15, 0.2) is 16.4 Å². The van der Waals surface area contributed by atoms with Crippen molar-refractivity contribution < 1.29 is 23.1 Å². The Labute approximate surface area is 147 Å². The van der Waals surface area contributed by atoms with Crippen molar-refractivity contribution in [1.82, 2.24) is 0 Å². The summed E-state index contributed by atoms with van der Waals surface area (Å²) in [7, 11) is -3.43. The number of aryl methyl sites for hydroxylation is 2. The number of sulfone groups is 1. The van der Waals surface area contributed by atoms with Crippen LogP contribution in [0, 0.1) is 13.8 Å². The summed E-state index contributed by atoms with van der Waals surface area (Å²) in [5.41, 5.74) is 1.85. The zero-order chi connectivity index (χ0) is 18.6. The molecule has 0 unspecified atom stereocenters. The summed E-state index contributed by atoms with van der Waals surface area (Å²) in [4.78, 5) is 12.1. The predicted octanol–water partition coefficient (Wildman–Crippen LogP) is 2.82. The molecule has 0 spiro atoms. The van der Waals surface area contributed by atoms with E-state index in [-0.39, 0.29) is 28.7 Å². The van der Waals surface area contributed by atoms with Crippen LogP contribution >= 0.6 is 0 Å². The van der Waals surface area contributed by atoms with E-state index in [1.54, 1.807) is 0 Å². The highest BCUT2D eigenvalue weighted by atomic mass is 32.2. The summed E-state index contributed by atoms with van der Waals surface area (Å²) in [5, 5.41) is 12.3. The van der Waals surface area contributed by atoms with E-state index in [0.29, 0.717) is 5.75 Å². The second kappa shape index (κ2) is 7.57. The lowest BCUT2D eigenvalue weighted by atomic mass is 10.1. The van der Waals surface area contributed by atoms with Crippen LogP contribution < -0.4 is 10.1 Å². The van der Waals surface area contributed by atoms with Gasteiger partial charge in [0.25, 0.3) is 5.91 Å². The monoisotopic (exact) mass is 363 g/mol. The van der Waals surface area contributed by atoms with E-state index in [2.05, 4.69) is 5.32 Å². The number of hydrogen-bond donors (Lipinski definition) is 2. The molecule has 2 aromatic rings. The molecule has 6 nitrogen and oxygen atoms in total. The van der Waals surface area contributed by atoms with E-state index in [4.69, 9.17) is 4.74 Å². The lowest BCUT2D eigenvalue weighted by Crippen LogP contribution is -2.21. The fourth-order valence-corrected chi connectivity index (χ4v) is 3.23. The van der Waals surface area contributed by atoms with Crippen molar-refractivity contribution in [3.63, 3.8) is 0 Å². The molecule has 0 aliphatic heterocycles. The molecule has 2 N–H and O–H groups in total. The van der Waals surface area contributed by atoms with Gasteiger partial charge < -0.3 is 15.2 Å². The van der Waals surface area contributed by atoms with Gasteiger partial charge in [-0.2, -0.15) is 0 Å². The van der Waals surface area contributed by atoms with Crippen molar-refractivity contribution >= 4 is 21.4 Å². The molecular formula is C18H21NO5S. The second-order valence-electron chi connectivity index (χ2n) is 5.64. The summed E-state index contributed by atoms with van der Waals surface area (Å²) in [6.07, 6.45) is 0. The highest BCUT2D eigenvalue weighted by Gasteiger charge is 2.16. The van der Waals surface area contributed by atoms with Gasteiger partial charge in [-0.05, 0) is 43.2 Å². The third kappa shape index (κ3) is 4.51. The lowest BCUT2D eigenvalue weighted by molar-refractivity contribution is -0.118. The molecule has 2 aromatic carbocycles. The van der Waals surface area contributed by atoms with Crippen LogP contribution in [0.3, 0.4) is 0 Å². The van der Waals surface area contributed by atoms with Crippen molar-refractivity contribution in [2.45, 2.75) is 25.7 Å². The molecule has 0 aliphatic rings. The summed E-state index contributed by atoms with van der Waals surface area (Å²) >= 11 is 0. The number of carbonyl (C=O) groups is 1. The van der Waals surface area contributed by atoms with Gasteiger partial charge in [0.1, 0.15) is 11.5 Å². The lowest BCUT2D eigenvalue weighted by Gasteiger charge is -2.13. The number of amides is 1. The van der Waals surface area contributed by atoms with Gasteiger partial charge in [-0.25, -0.2) is 8.42 Å². The Bertz CT molecular complexity index is 870. The number of phenols is 1. The normalized spacial score (nSPS) is 11.2. The molecule has 0 saturated heterocycles. The van der Waals surface area contributed by atoms with Crippen molar-refractivity contribution in [3.8, 4) is 11.5 Å². The van der Waals surface area contributed by atoms with Crippen molar-refractivity contribution in [2.75, 3.05) is 17.7 Å². The number of benzene rings is 2. The molecule has 0 radical (unpaired) electrons. The van der Waals surface area contributed by atoms with Crippen LogP contribution in [-0.4, -0.2) is 31.8 Å². The zero-order valence-electron chi connectivity index (χ0n) is 14.4. The molecule has 0 aliphatic carbocycles. The maximum absolute atomic E-state index is 12.1. The Morgan fingerprint density at radius 2 is 1.80 bits per heavy atom. The number of hydrogen-bond acceptors (Lipinski definition) is 5. The number of ether oxygens (including phenoxy) is 1. The first-order chi connectivity index (χ1) is 11.7. The van der Waals surface area contributed by atoms with E-state index in [0.717, 1.165) is 11.1 Å². The van der Waals surface area contributed by atoms with Gasteiger partial charge in [-0.3, -0.25) is 4.79 Å². The van der Waals surface area contributed by atoms with Gasteiger partial charge >= 0.3 is 0 Å². The maximum Gasteiger partial charge on any atom is 0.262 e. The molecule has 0 atom stereocenters. The van der Waals surface area contributed by atoms with Gasteiger partial charge in [0.05, 0.1) is 16.3 Å². The molecule has 1 amide bonds. The molecule has 134 valence electrons. The van der Waals surface area contributed by atoms with E-state index in [1.165, 1.54) is 25.1 Å². The number of rotatable bonds is 6. The minimum atomic E-state index is -3.43. The first-order valence-electron chi connectivity index (χ1n) is 7.79. The average molecular weight is 363 g/mol. The second-order valence-corrected chi connectivity index (χ2v) is 7.92. The quantitative estimate of drug-likeness (QED) is 0.770. The van der Waals surface area contributed by atoms with Gasteiger partial charge in [0, 0.05) is 0 Å². The first kappa shape index (κ1) is 18.8.